The van der Waals surface area contributed by atoms with Gasteiger partial charge in [-0.05, 0) is 56.3 Å². The van der Waals surface area contributed by atoms with Crippen molar-refractivity contribution in [1.29, 1.82) is 0 Å². The number of carbonyl (C=O) groups is 2. The van der Waals surface area contributed by atoms with Crippen molar-refractivity contribution in [3.8, 4) is 5.75 Å². The van der Waals surface area contributed by atoms with Gasteiger partial charge in [0.15, 0.2) is 0 Å². The first-order valence-corrected chi connectivity index (χ1v) is 9.46. The van der Waals surface area contributed by atoms with Crippen molar-refractivity contribution in [2.75, 3.05) is 28.7 Å². The predicted octanol–water partition coefficient (Wildman–Crippen LogP) is 5.29. The lowest BCUT2D eigenvalue weighted by Gasteiger charge is -2.27. The molecule has 0 radical (unpaired) electrons. The molecule has 2 aromatic carbocycles. The van der Waals surface area contributed by atoms with Crippen LogP contribution in [0.1, 0.15) is 19.4 Å². The molecule has 0 saturated heterocycles. The number of nitrogens with zero attached hydrogens (tertiary/aromatic N) is 1. The number of hydrogen-bond acceptors (Lipinski definition) is 3. The van der Waals surface area contributed by atoms with E-state index in [1.165, 1.54) is 17.0 Å². The predicted molar refractivity (Wildman–Crippen MR) is 112 cm³/mol. The minimum Gasteiger partial charge on any atom is -0.490 e. The van der Waals surface area contributed by atoms with Crippen LogP contribution in [0, 0.1) is 5.41 Å². The maximum Gasteiger partial charge on any atom is 0.416 e. The van der Waals surface area contributed by atoms with Gasteiger partial charge in [0, 0.05) is 17.9 Å². The summed E-state index contributed by atoms with van der Waals surface area (Å²) < 4.78 is 43.8. The van der Waals surface area contributed by atoms with Gasteiger partial charge in [0.2, 0.25) is 5.91 Å². The summed E-state index contributed by atoms with van der Waals surface area (Å²) in [5, 5.41) is 5.09. The molecule has 2 aromatic rings. The molecule has 1 aliphatic heterocycles. The third-order valence-corrected chi connectivity index (χ3v) is 4.70. The average molecular weight is 433 g/mol. The standard InChI is InChI=1S/C22H22F3N3O3/c1-4-11-28-17-12-16(9-10-18(17)31-13-21(2,3)19(28)29)27-20(30)26-15-7-5-14(6-8-15)22(23,24)25/h4-10,12H,1,11,13H2,2-3H3,(H2,26,27,30). The van der Waals surface area contributed by atoms with Gasteiger partial charge in [0.1, 0.15) is 12.4 Å². The molecule has 1 heterocycles. The number of anilines is 3. The quantitative estimate of drug-likeness (QED) is 0.644. The summed E-state index contributed by atoms with van der Waals surface area (Å²) in [5.74, 6) is 0.354. The van der Waals surface area contributed by atoms with Gasteiger partial charge in [-0.15, -0.1) is 6.58 Å². The zero-order chi connectivity index (χ0) is 22.8. The van der Waals surface area contributed by atoms with Crippen molar-refractivity contribution in [2.45, 2.75) is 20.0 Å². The molecule has 0 aliphatic carbocycles. The molecule has 6 nitrogen and oxygen atoms in total. The molecule has 2 N–H and O–H groups in total. The summed E-state index contributed by atoms with van der Waals surface area (Å²) in [4.78, 5) is 26.7. The fourth-order valence-electron chi connectivity index (χ4n) is 3.07. The van der Waals surface area contributed by atoms with Crippen LogP contribution < -0.4 is 20.3 Å². The number of nitrogens with one attached hydrogen (secondary N) is 2. The summed E-state index contributed by atoms with van der Waals surface area (Å²) in [6, 6.07) is 8.32. The van der Waals surface area contributed by atoms with E-state index in [1.807, 2.05) is 0 Å². The Morgan fingerprint density at radius 3 is 2.39 bits per heavy atom. The number of carbonyl (C=O) groups excluding carboxylic acids is 2. The molecule has 164 valence electrons. The van der Waals surface area contributed by atoms with Crippen LogP contribution in [0.25, 0.3) is 0 Å². The maximum absolute atomic E-state index is 12.9. The molecule has 9 heteroatoms. The number of benzene rings is 2. The first-order chi connectivity index (χ1) is 14.5. The molecule has 0 fully saturated rings. The fraction of sp³-hybridized carbons (Fsp3) is 0.273. The zero-order valence-corrected chi connectivity index (χ0v) is 17.0. The lowest BCUT2D eigenvalue weighted by molar-refractivity contribution is -0.137. The van der Waals surface area contributed by atoms with E-state index in [4.69, 9.17) is 4.74 Å². The highest BCUT2D eigenvalue weighted by molar-refractivity contribution is 6.02. The highest BCUT2D eigenvalue weighted by atomic mass is 19.4. The van der Waals surface area contributed by atoms with E-state index in [2.05, 4.69) is 17.2 Å². The lowest BCUT2D eigenvalue weighted by Crippen LogP contribution is -2.42. The molecule has 0 unspecified atom stereocenters. The number of fused-ring (bicyclic) bond motifs is 1. The average Bonchev–Trinajstić information content (AvgIpc) is 2.78. The monoisotopic (exact) mass is 433 g/mol. The second-order valence-electron chi connectivity index (χ2n) is 7.71. The largest absolute Gasteiger partial charge is 0.490 e. The normalized spacial score (nSPS) is 15.4. The van der Waals surface area contributed by atoms with Crippen molar-refractivity contribution in [3.63, 3.8) is 0 Å². The summed E-state index contributed by atoms with van der Waals surface area (Å²) in [7, 11) is 0. The maximum atomic E-state index is 12.9. The van der Waals surface area contributed by atoms with Gasteiger partial charge >= 0.3 is 12.2 Å². The Morgan fingerprint density at radius 1 is 1.16 bits per heavy atom. The van der Waals surface area contributed by atoms with Crippen LogP contribution in [-0.4, -0.2) is 25.1 Å². The number of urea groups is 1. The van der Waals surface area contributed by atoms with Crippen molar-refractivity contribution in [3.05, 3.63) is 60.7 Å². The Labute approximate surface area is 177 Å². The van der Waals surface area contributed by atoms with Gasteiger partial charge in [-0.1, -0.05) is 6.08 Å². The van der Waals surface area contributed by atoms with Crippen LogP contribution in [0.4, 0.5) is 35.0 Å². The smallest absolute Gasteiger partial charge is 0.416 e. The first kappa shape index (κ1) is 22.2. The van der Waals surface area contributed by atoms with Gasteiger partial charge in [-0.2, -0.15) is 13.2 Å². The number of rotatable bonds is 4. The molecule has 0 saturated carbocycles. The zero-order valence-electron chi connectivity index (χ0n) is 17.0. The first-order valence-electron chi connectivity index (χ1n) is 9.46. The van der Waals surface area contributed by atoms with E-state index >= 15 is 0 Å². The number of halogens is 3. The van der Waals surface area contributed by atoms with Gasteiger partial charge in [-0.25, -0.2) is 4.79 Å². The lowest BCUT2D eigenvalue weighted by atomic mass is 9.93. The second-order valence-corrected chi connectivity index (χ2v) is 7.71. The van der Waals surface area contributed by atoms with Crippen LogP contribution in [0.15, 0.2) is 55.1 Å². The van der Waals surface area contributed by atoms with E-state index in [9.17, 15) is 22.8 Å². The van der Waals surface area contributed by atoms with Crippen LogP contribution in [0.5, 0.6) is 5.75 Å². The molecule has 0 atom stereocenters. The molecular formula is C22H22F3N3O3. The Morgan fingerprint density at radius 2 is 1.77 bits per heavy atom. The molecule has 0 spiro atoms. The Bertz CT molecular complexity index is 1000. The molecule has 0 aromatic heterocycles. The van der Waals surface area contributed by atoms with Crippen molar-refractivity contribution < 1.29 is 27.5 Å². The van der Waals surface area contributed by atoms with E-state index in [1.54, 1.807) is 38.1 Å². The molecular weight excluding hydrogens is 411 g/mol. The number of alkyl halides is 3. The number of ether oxygens (including phenoxy) is 1. The SMILES string of the molecule is C=CCN1C(=O)C(C)(C)COc2ccc(NC(=O)Nc3ccc(C(F)(F)F)cc3)cc21. The molecule has 0 bridgehead atoms. The van der Waals surface area contributed by atoms with Crippen molar-refractivity contribution in [2.24, 2.45) is 5.41 Å². The van der Waals surface area contributed by atoms with Gasteiger partial charge < -0.3 is 20.3 Å². The van der Waals surface area contributed by atoms with Crippen molar-refractivity contribution >= 4 is 29.0 Å². The van der Waals surface area contributed by atoms with E-state index < -0.39 is 23.2 Å². The van der Waals surface area contributed by atoms with Crippen LogP contribution in [0.3, 0.4) is 0 Å². The summed E-state index contributed by atoms with van der Waals surface area (Å²) in [6.07, 6.45) is -2.85. The summed E-state index contributed by atoms with van der Waals surface area (Å²) in [6.45, 7) is 7.73. The van der Waals surface area contributed by atoms with E-state index in [0.717, 1.165) is 12.1 Å². The topological polar surface area (TPSA) is 70.7 Å². The van der Waals surface area contributed by atoms with Gasteiger partial charge in [-0.3, -0.25) is 4.79 Å². The molecule has 3 amide bonds. The Hall–Kier alpha value is -3.49. The highest BCUT2D eigenvalue weighted by Gasteiger charge is 2.37. The third-order valence-electron chi connectivity index (χ3n) is 4.70. The van der Waals surface area contributed by atoms with Crippen LogP contribution in [0.2, 0.25) is 0 Å². The summed E-state index contributed by atoms with van der Waals surface area (Å²) >= 11 is 0. The highest BCUT2D eigenvalue weighted by Crippen LogP contribution is 2.38. The number of amides is 3. The Balaban J connectivity index is 1.77. The van der Waals surface area contributed by atoms with Crippen LogP contribution in [-0.2, 0) is 11.0 Å². The summed E-state index contributed by atoms with van der Waals surface area (Å²) in [5.41, 5.74) is -0.473. The van der Waals surface area contributed by atoms with Gasteiger partial charge in [0.05, 0.1) is 16.7 Å². The van der Waals surface area contributed by atoms with Gasteiger partial charge in [0.25, 0.3) is 0 Å². The molecule has 1 aliphatic rings. The van der Waals surface area contributed by atoms with E-state index in [0.29, 0.717) is 17.1 Å². The number of hydrogen-bond donors (Lipinski definition) is 2. The second kappa shape index (κ2) is 8.33. The molecule has 31 heavy (non-hydrogen) atoms. The third kappa shape index (κ3) is 4.99. The minimum atomic E-state index is -4.45. The van der Waals surface area contributed by atoms with E-state index in [-0.39, 0.29) is 24.7 Å². The Kier molecular flexibility index (Phi) is 5.97. The minimum absolute atomic E-state index is 0.141. The fourth-order valence-corrected chi connectivity index (χ4v) is 3.07. The van der Waals surface area contributed by atoms with Crippen molar-refractivity contribution in [1.82, 2.24) is 0 Å². The molecule has 3 rings (SSSR count). The van der Waals surface area contributed by atoms with Crippen LogP contribution >= 0.6 is 0 Å².